The topological polar surface area (TPSA) is 97.4 Å². The van der Waals surface area contributed by atoms with Crippen LogP contribution in [0.1, 0.15) is 31.2 Å². The van der Waals surface area contributed by atoms with E-state index in [0.717, 1.165) is 30.6 Å². The van der Waals surface area contributed by atoms with Gasteiger partial charge in [-0.05, 0) is 73.7 Å². The SMILES string of the molecule is C=CC(=O)OCCCCOc1ccc(C=CC(=O)Oc2ccc(OCCCCOC(=O)C=C)cc2)cc1. The maximum absolute atomic E-state index is 12.1. The summed E-state index contributed by atoms with van der Waals surface area (Å²) in [6.07, 6.45) is 8.15. The third-order valence-electron chi connectivity index (χ3n) is 4.77. The van der Waals surface area contributed by atoms with E-state index >= 15 is 0 Å². The van der Waals surface area contributed by atoms with Crippen LogP contribution in [0.5, 0.6) is 17.2 Å². The van der Waals surface area contributed by atoms with E-state index in [1.54, 1.807) is 30.3 Å². The molecule has 0 saturated carbocycles. The molecule has 196 valence electrons. The van der Waals surface area contributed by atoms with Crippen molar-refractivity contribution in [3.8, 4) is 17.2 Å². The van der Waals surface area contributed by atoms with E-state index < -0.39 is 17.9 Å². The fraction of sp³-hybridized carbons (Fsp3) is 0.276. The summed E-state index contributed by atoms with van der Waals surface area (Å²) in [5, 5.41) is 0. The van der Waals surface area contributed by atoms with Gasteiger partial charge in [0.05, 0.1) is 26.4 Å². The summed E-state index contributed by atoms with van der Waals surface area (Å²) in [5.41, 5.74) is 0.823. The number of carbonyl (C=O) groups is 3. The van der Waals surface area contributed by atoms with Gasteiger partial charge >= 0.3 is 17.9 Å². The number of ether oxygens (including phenoxy) is 5. The molecule has 0 bridgehead atoms. The van der Waals surface area contributed by atoms with Crippen LogP contribution in [0.15, 0.2) is 79.9 Å². The molecule has 0 aliphatic rings. The lowest BCUT2D eigenvalue weighted by Crippen LogP contribution is -2.05. The Morgan fingerprint density at radius 1 is 0.595 bits per heavy atom. The number of benzene rings is 2. The largest absolute Gasteiger partial charge is 0.494 e. The van der Waals surface area contributed by atoms with Gasteiger partial charge in [0.25, 0.3) is 0 Å². The zero-order valence-corrected chi connectivity index (χ0v) is 20.8. The van der Waals surface area contributed by atoms with Crippen molar-refractivity contribution in [1.29, 1.82) is 0 Å². The van der Waals surface area contributed by atoms with Crippen molar-refractivity contribution in [2.24, 2.45) is 0 Å². The second kappa shape index (κ2) is 17.2. The van der Waals surface area contributed by atoms with Crippen LogP contribution in [0, 0.1) is 0 Å². The van der Waals surface area contributed by atoms with Gasteiger partial charge in [-0.1, -0.05) is 25.3 Å². The standard InChI is InChI=1S/C29H32O8/c1-3-27(30)35-21-7-5-19-33-24-12-9-23(10-13-24)11-18-29(32)37-26-16-14-25(15-17-26)34-20-6-8-22-36-28(31)4-2/h3-4,9-18H,1-2,5-8,19-22H2. The number of carbonyl (C=O) groups excluding carboxylic acids is 3. The average molecular weight is 509 g/mol. The van der Waals surface area contributed by atoms with Crippen LogP contribution in [0.2, 0.25) is 0 Å². The van der Waals surface area contributed by atoms with Crippen molar-refractivity contribution in [3.05, 3.63) is 85.5 Å². The normalized spacial score (nSPS) is 10.4. The van der Waals surface area contributed by atoms with Gasteiger partial charge in [-0.25, -0.2) is 14.4 Å². The van der Waals surface area contributed by atoms with E-state index in [0.29, 0.717) is 56.5 Å². The quantitative estimate of drug-likeness (QED) is 0.126. The average Bonchev–Trinajstić information content (AvgIpc) is 2.92. The molecule has 0 amide bonds. The minimum absolute atomic E-state index is 0.326. The first kappa shape index (κ1) is 28.9. The molecular formula is C29H32O8. The van der Waals surface area contributed by atoms with Gasteiger partial charge in [-0.2, -0.15) is 0 Å². The highest BCUT2D eigenvalue weighted by molar-refractivity contribution is 5.88. The molecule has 0 saturated heterocycles. The molecule has 2 aromatic rings. The van der Waals surface area contributed by atoms with Gasteiger partial charge < -0.3 is 23.7 Å². The Labute approximate surface area is 217 Å². The molecule has 0 unspecified atom stereocenters. The maximum Gasteiger partial charge on any atom is 0.336 e. The first-order chi connectivity index (χ1) is 18.0. The molecule has 0 atom stereocenters. The van der Waals surface area contributed by atoms with Crippen LogP contribution < -0.4 is 14.2 Å². The summed E-state index contributed by atoms with van der Waals surface area (Å²) in [5.74, 6) is 0.407. The van der Waals surface area contributed by atoms with Crippen LogP contribution in [-0.2, 0) is 23.9 Å². The predicted octanol–water partition coefficient (Wildman–Crippen LogP) is 5.08. The smallest absolute Gasteiger partial charge is 0.336 e. The zero-order valence-electron chi connectivity index (χ0n) is 20.8. The van der Waals surface area contributed by atoms with Gasteiger partial charge in [0.15, 0.2) is 0 Å². The van der Waals surface area contributed by atoms with E-state index in [4.69, 9.17) is 23.7 Å². The zero-order chi connectivity index (χ0) is 26.7. The summed E-state index contributed by atoms with van der Waals surface area (Å²) >= 11 is 0. The first-order valence-corrected chi connectivity index (χ1v) is 11.9. The van der Waals surface area contributed by atoms with Crippen molar-refractivity contribution in [2.75, 3.05) is 26.4 Å². The summed E-state index contributed by atoms with van der Waals surface area (Å²) in [6, 6.07) is 14.0. The van der Waals surface area contributed by atoms with Crippen molar-refractivity contribution in [1.82, 2.24) is 0 Å². The third kappa shape index (κ3) is 12.8. The number of unbranched alkanes of at least 4 members (excludes halogenated alkanes) is 2. The highest BCUT2D eigenvalue weighted by Gasteiger charge is 2.03. The van der Waals surface area contributed by atoms with E-state index in [1.165, 1.54) is 6.08 Å². The fourth-order valence-electron chi connectivity index (χ4n) is 2.85. The Hall–Kier alpha value is -4.33. The van der Waals surface area contributed by atoms with Crippen LogP contribution in [0.25, 0.3) is 6.08 Å². The Kier molecular flexibility index (Phi) is 13.4. The highest BCUT2D eigenvalue weighted by atomic mass is 16.5. The number of esters is 3. The molecule has 2 aromatic carbocycles. The molecule has 0 spiro atoms. The van der Waals surface area contributed by atoms with E-state index in [1.807, 2.05) is 24.3 Å². The fourth-order valence-corrected chi connectivity index (χ4v) is 2.85. The van der Waals surface area contributed by atoms with Crippen LogP contribution in [0.4, 0.5) is 0 Å². The molecule has 8 nitrogen and oxygen atoms in total. The Morgan fingerprint density at radius 2 is 1.03 bits per heavy atom. The summed E-state index contributed by atoms with van der Waals surface area (Å²) in [6.45, 7) is 8.32. The lowest BCUT2D eigenvalue weighted by atomic mass is 10.2. The van der Waals surface area contributed by atoms with Crippen LogP contribution in [0.3, 0.4) is 0 Å². The molecule has 0 N–H and O–H groups in total. The molecule has 0 aliphatic carbocycles. The molecular weight excluding hydrogens is 476 g/mol. The number of hydrogen-bond acceptors (Lipinski definition) is 8. The van der Waals surface area contributed by atoms with Crippen LogP contribution >= 0.6 is 0 Å². The van der Waals surface area contributed by atoms with E-state index in [2.05, 4.69) is 13.2 Å². The molecule has 2 rings (SSSR count). The van der Waals surface area contributed by atoms with Gasteiger partial charge in [0.2, 0.25) is 0 Å². The Bertz CT molecular complexity index is 1040. The van der Waals surface area contributed by atoms with Crippen molar-refractivity contribution in [2.45, 2.75) is 25.7 Å². The monoisotopic (exact) mass is 508 g/mol. The molecule has 0 radical (unpaired) electrons. The molecule has 0 aromatic heterocycles. The van der Waals surface area contributed by atoms with Crippen molar-refractivity contribution in [3.63, 3.8) is 0 Å². The molecule has 0 fully saturated rings. The second-order valence-electron chi connectivity index (χ2n) is 7.65. The van der Waals surface area contributed by atoms with Gasteiger partial charge in [-0.15, -0.1) is 0 Å². The van der Waals surface area contributed by atoms with E-state index in [9.17, 15) is 14.4 Å². The van der Waals surface area contributed by atoms with Crippen molar-refractivity contribution >= 4 is 24.0 Å². The molecule has 0 heterocycles. The van der Waals surface area contributed by atoms with Gasteiger partial charge in [0, 0.05) is 18.2 Å². The Balaban J connectivity index is 1.64. The minimum Gasteiger partial charge on any atom is -0.494 e. The predicted molar refractivity (Wildman–Crippen MR) is 139 cm³/mol. The number of hydrogen-bond donors (Lipinski definition) is 0. The van der Waals surface area contributed by atoms with Crippen molar-refractivity contribution < 1.29 is 38.1 Å². The molecule has 8 heteroatoms. The summed E-state index contributed by atoms with van der Waals surface area (Å²) in [4.78, 5) is 34.0. The number of rotatable bonds is 17. The van der Waals surface area contributed by atoms with Crippen LogP contribution in [-0.4, -0.2) is 44.3 Å². The highest BCUT2D eigenvalue weighted by Crippen LogP contribution is 2.19. The maximum atomic E-state index is 12.1. The second-order valence-corrected chi connectivity index (χ2v) is 7.65. The Morgan fingerprint density at radius 3 is 1.51 bits per heavy atom. The summed E-state index contributed by atoms with van der Waals surface area (Å²) < 4.78 is 26.4. The molecule has 37 heavy (non-hydrogen) atoms. The van der Waals surface area contributed by atoms with Gasteiger partial charge in [-0.3, -0.25) is 0 Å². The lowest BCUT2D eigenvalue weighted by Gasteiger charge is -2.07. The van der Waals surface area contributed by atoms with Gasteiger partial charge in [0.1, 0.15) is 17.2 Å². The van der Waals surface area contributed by atoms with E-state index in [-0.39, 0.29) is 0 Å². The minimum atomic E-state index is -0.500. The lowest BCUT2D eigenvalue weighted by molar-refractivity contribution is -0.138. The third-order valence-corrected chi connectivity index (χ3v) is 4.77. The first-order valence-electron chi connectivity index (χ1n) is 11.9. The summed E-state index contributed by atoms with van der Waals surface area (Å²) in [7, 11) is 0. The molecule has 0 aliphatic heterocycles.